The fraction of sp³-hybridized carbons (Fsp3) is 0.689. The Labute approximate surface area is 427 Å². The predicted molar refractivity (Wildman–Crippen MR) is 294 cm³/mol. The van der Waals surface area contributed by atoms with Crippen LogP contribution in [0.3, 0.4) is 0 Å². The first kappa shape index (κ1) is 64.9. The summed E-state index contributed by atoms with van der Waals surface area (Å²) in [5.41, 5.74) is 0. The van der Waals surface area contributed by atoms with Crippen LogP contribution in [0.5, 0.6) is 0 Å². The van der Waals surface area contributed by atoms with Crippen molar-refractivity contribution in [1.29, 1.82) is 0 Å². The Morgan fingerprint density at radius 2 is 0.886 bits per heavy atom. The zero-order chi connectivity index (χ0) is 50.8. The Hall–Kier alpha value is -3.15. The molecule has 1 aliphatic heterocycles. The van der Waals surface area contributed by atoms with E-state index in [0.717, 1.165) is 116 Å². The Kier molecular flexibility index (Phi) is 45.8. The second-order valence-corrected chi connectivity index (χ2v) is 19.0. The minimum absolute atomic E-state index is 0.152. The van der Waals surface area contributed by atoms with Crippen LogP contribution in [0.4, 0.5) is 0 Å². The van der Waals surface area contributed by atoms with Gasteiger partial charge in [-0.25, -0.2) is 0 Å². The van der Waals surface area contributed by atoms with Crippen molar-refractivity contribution in [3.63, 3.8) is 0 Å². The molecule has 0 aromatic heterocycles. The highest BCUT2D eigenvalue weighted by Gasteiger charge is 2.44. The molecule has 1 amide bonds. The Morgan fingerprint density at radius 1 is 0.500 bits per heavy atom. The topological polar surface area (TPSA) is 149 Å². The maximum Gasteiger partial charge on any atom is 0.220 e. The number of hydrogen-bond acceptors (Lipinski definition) is 8. The van der Waals surface area contributed by atoms with Gasteiger partial charge in [0.1, 0.15) is 24.4 Å². The van der Waals surface area contributed by atoms with Crippen LogP contribution in [0.2, 0.25) is 0 Å². The minimum Gasteiger partial charge on any atom is -0.394 e. The highest BCUT2D eigenvalue weighted by Crippen LogP contribution is 2.23. The molecule has 0 saturated carbocycles. The number of amides is 1. The number of hydrogen-bond donors (Lipinski definition) is 6. The molecule has 0 spiro atoms. The van der Waals surface area contributed by atoms with E-state index in [4.69, 9.17) is 9.47 Å². The Bertz CT molecular complexity index is 1460. The molecule has 9 nitrogen and oxygen atoms in total. The maximum atomic E-state index is 13.0. The molecule has 0 aromatic rings. The number of aliphatic hydroxyl groups excluding tert-OH is 5. The van der Waals surface area contributed by atoms with Crippen molar-refractivity contribution in [2.24, 2.45) is 0 Å². The second kappa shape index (κ2) is 49.4. The van der Waals surface area contributed by atoms with Gasteiger partial charge in [0.05, 0.1) is 25.4 Å². The van der Waals surface area contributed by atoms with Crippen LogP contribution < -0.4 is 5.32 Å². The van der Waals surface area contributed by atoms with Crippen LogP contribution in [0.1, 0.15) is 213 Å². The van der Waals surface area contributed by atoms with E-state index in [0.29, 0.717) is 12.8 Å². The summed E-state index contributed by atoms with van der Waals surface area (Å²) in [6.45, 7) is 3.70. The van der Waals surface area contributed by atoms with Crippen molar-refractivity contribution in [3.8, 4) is 0 Å². The molecule has 1 fully saturated rings. The van der Waals surface area contributed by atoms with E-state index in [1.807, 2.05) is 0 Å². The van der Waals surface area contributed by atoms with Crippen LogP contribution in [0, 0.1) is 0 Å². The molecule has 0 aliphatic carbocycles. The van der Waals surface area contributed by atoms with Crippen LogP contribution in [-0.2, 0) is 14.3 Å². The highest BCUT2D eigenvalue weighted by molar-refractivity contribution is 5.76. The van der Waals surface area contributed by atoms with E-state index in [9.17, 15) is 30.3 Å². The average molecular weight is 978 g/mol. The van der Waals surface area contributed by atoms with Gasteiger partial charge in [0.2, 0.25) is 5.91 Å². The van der Waals surface area contributed by atoms with E-state index in [2.05, 4.69) is 129 Å². The van der Waals surface area contributed by atoms with Crippen molar-refractivity contribution < 1.29 is 39.8 Å². The summed E-state index contributed by atoms with van der Waals surface area (Å²) in [7, 11) is 0. The number of nitrogens with one attached hydrogen (secondary N) is 1. The SMILES string of the molecule is CC/C=C\C/C=C\C/C=C\C/C=C\C/C=C\C/C=C\C/C=C\C/C=C\C/C=C\CCCCCCCC(=O)NC(COC1OC(CO)C(O)C(O)C1O)C(O)CCCCCCCCCCCCCCCC. The minimum atomic E-state index is -1.56. The van der Waals surface area contributed by atoms with Gasteiger partial charge in [0, 0.05) is 6.42 Å². The number of ether oxygens (including phenoxy) is 2. The van der Waals surface area contributed by atoms with Crippen LogP contribution in [0.25, 0.3) is 0 Å². The fourth-order valence-electron chi connectivity index (χ4n) is 8.21. The van der Waals surface area contributed by atoms with Gasteiger partial charge in [0.25, 0.3) is 0 Å². The van der Waals surface area contributed by atoms with Crippen molar-refractivity contribution in [2.75, 3.05) is 13.2 Å². The summed E-state index contributed by atoms with van der Waals surface area (Å²) in [5.74, 6) is -0.168. The van der Waals surface area contributed by atoms with Crippen molar-refractivity contribution >= 4 is 5.91 Å². The van der Waals surface area contributed by atoms with E-state index in [1.165, 1.54) is 70.6 Å². The van der Waals surface area contributed by atoms with E-state index < -0.39 is 49.5 Å². The first-order chi connectivity index (χ1) is 34.3. The lowest BCUT2D eigenvalue weighted by Crippen LogP contribution is -2.60. The third kappa shape index (κ3) is 38.5. The third-order valence-corrected chi connectivity index (χ3v) is 12.6. The van der Waals surface area contributed by atoms with E-state index in [-0.39, 0.29) is 12.5 Å². The number of allylic oxidation sites excluding steroid dienone is 18. The Balaban J connectivity index is 2.23. The van der Waals surface area contributed by atoms with Gasteiger partial charge in [-0.3, -0.25) is 4.79 Å². The van der Waals surface area contributed by atoms with Crippen LogP contribution in [0.15, 0.2) is 109 Å². The Morgan fingerprint density at radius 3 is 1.31 bits per heavy atom. The normalized spacial score (nSPS) is 20.2. The molecule has 1 rings (SSSR count). The lowest BCUT2D eigenvalue weighted by Gasteiger charge is -2.40. The molecule has 0 radical (unpaired) electrons. The monoisotopic (exact) mass is 978 g/mol. The zero-order valence-electron chi connectivity index (χ0n) is 44.2. The zero-order valence-corrected chi connectivity index (χ0v) is 44.2. The van der Waals surface area contributed by atoms with E-state index in [1.54, 1.807) is 0 Å². The number of rotatable bonds is 46. The van der Waals surface area contributed by atoms with Crippen molar-refractivity contribution in [1.82, 2.24) is 5.32 Å². The molecule has 7 atom stereocenters. The van der Waals surface area contributed by atoms with E-state index >= 15 is 0 Å². The smallest absolute Gasteiger partial charge is 0.220 e. The summed E-state index contributed by atoms with van der Waals surface area (Å²) >= 11 is 0. The quantitative estimate of drug-likeness (QED) is 0.0261. The molecule has 1 saturated heterocycles. The van der Waals surface area contributed by atoms with Gasteiger partial charge in [-0.1, -0.05) is 232 Å². The first-order valence-electron chi connectivity index (χ1n) is 28.1. The molecule has 1 heterocycles. The number of carbonyl (C=O) groups is 1. The molecule has 0 bridgehead atoms. The summed E-state index contributed by atoms with van der Waals surface area (Å²) in [6.07, 6.45) is 65.3. The molecule has 7 unspecified atom stereocenters. The molecule has 9 heteroatoms. The molecule has 6 N–H and O–H groups in total. The maximum absolute atomic E-state index is 13.0. The summed E-state index contributed by atoms with van der Waals surface area (Å²) in [5, 5.41) is 54.5. The van der Waals surface area contributed by atoms with Crippen LogP contribution >= 0.6 is 0 Å². The van der Waals surface area contributed by atoms with Crippen molar-refractivity contribution in [3.05, 3.63) is 109 Å². The average Bonchev–Trinajstić information content (AvgIpc) is 3.36. The first-order valence-corrected chi connectivity index (χ1v) is 28.1. The molecule has 70 heavy (non-hydrogen) atoms. The van der Waals surface area contributed by atoms with Gasteiger partial charge in [-0.05, 0) is 83.5 Å². The molecular formula is C61H103NO8. The fourth-order valence-corrected chi connectivity index (χ4v) is 8.21. The van der Waals surface area contributed by atoms with Crippen LogP contribution in [-0.4, -0.2) is 87.5 Å². The summed E-state index contributed by atoms with van der Waals surface area (Å²) < 4.78 is 11.3. The van der Waals surface area contributed by atoms with Gasteiger partial charge in [0.15, 0.2) is 6.29 Å². The number of carbonyl (C=O) groups excluding carboxylic acids is 1. The number of unbranched alkanes of at least 4 members (excludes halogenated alkanes) is 18. The molecule has 1 aliphatic rings. The molecule has 400 valence electrons. The molecular weight excluding hydrogens is 875 g/mol. The molecule has 0 aromatic carbocycles. The number of aliphatic hydroxyl groups is 5. The third-order valence-electron chi connectivity index (χ3n) is 12.6. The predicted octanol–water partition coefficient (Wildman–Crippen LogP) is 13.8. The summed E-state index contributed by atoms with van der Waals surface area (Å²) in [4.78, 5) is 13.0. The lowest BCUT2D eigenvalue weighted by molar-refractivity contribution is -0.302. The largest absolute Gasteiger partial charge is 0.394 e. The summed E-state index contributed by atoms with van der Waals surface area (Å²) in [6, 6.07) is -0.737. The highest BCUT2D eigenvalue weighted by atomic mass is 16.7. The standard InChI is InChI=1S/C61H103NO8/c1-3-5-7-9-11-13-15-17-19-20-21-22-23-24-25-26-27-28-29-30-31-32-33-34-35-36-37-39-41-43-45-47-49-51-57(65)62-54(53-69-61-60(68)59(67)58(66)56(52-63)70-61)55(64)50-48-46-44-42-40-38-18-16-14-12-10-8-6-4-2/h5,7,11,13,17,19,21-22,24-25,27-28,30-31,33-34,36-37,54-56,58-61,63-64,66-68H,3-4,6,8-10,12,14-16,18,20,23,26,29,32,35,38-53H2,1-2H3,(H,62,65)/b7-5-,13-11-,19-17-,22-21-,25-24-,28-27-,31-30-,34-33-,37-36-. The van der Waals surface area contributed by atoms with Gasteiger partial charge in [-0.15, -0.1) is 0 Å². The van der Waals surface area contributed by atoms with Crippen molar-refractivity contribution in [2.45, 2.75) is 256 Å². The van der Waals surface area contributed by atoms with Gasteiger partial charge >= 0.3 is 0 Å². The second-order valence-electron chi connectivity index (χ2n) is 19.0. The van der Waals surface area contributed by atoms with Gasteiger partial charge < -0.3 is 40.3 Å². The van der Waals surface area contributed by atoms with Gasteiger partial charge in [-0.2, -0.15) is 0 Å². The lowest BCUT2D eigenvalue weighted by atomic mass is 9.99.